The fourth-order valence-corrected chi connectivity index (χ4v) is 2.21. The fourth-order valence-electron chi connectivity index (χ4n) is 2.21. The van der Waals surface area contributed by atoms with Crippen LogP contribution in [0.25, 0.3) is 0 Å². The molecule has 0 aliphatic carbocycles. The number of aliphatic carboxylic acids is 1. The number of hydrogen-bond acceptors (Lipinski definition) is 4. The Kier molecular flexibility index (Phi) is 4.91. The van der Waals surface area contributed by atoms with Gasteiger partial charge in [-0.05, 0) is 53.4 Å². The lowest BCUT2D eigenvalue weighted by Gasteiger charge is -2.22. The number of carboxylic acids is 1. The third-order valence-electron chi connectivity index (χ3n) is 3.64. The summed E-state index contributed by atoms with van der Waals surface area (Å²) in [7, 11) is 4.21. The van der Waals surface area contributed by atoms with Gasteiger partial charge >= 0.3 is 5.97 Å². The zero-order valence-electron chi connectivity index (χ0n) is 11.1. The average molecular weight is 243 g/mol. The molecule has 5 nitrogen and oxygen atoms in total. The van der Waals surface area contributed by atoms with Crippen LogP contribution < -0.4 is 5.73 Å². The molecule has 1 heterocycles. The van der Waals surface area contributed by atoms with Crippen LogP contribution in [-0.2, 0) is 4.79 Å². The number of rotatable bonds is 6. The molecule has 0 aromatic rings. The second-order valence-corrected chi connectivity index (χ2v) is 5.53. The van der Waals surface area contributed by atoms with E-state index in [0.717, 1.165) is 26.1 Å². The van der Waals surface area contributed by atoms with Crippen LogP contribution in [0.3, 0.4) is 0 Å². The molecule has 0 bridgehead atoms. The van der Waals surface area contributed by atoms with Crippen LogP contribution in [0.1, 0.15) is 26.2 Å². The zero-order valence-corrected chi connectivity index (χ0v) is 11.1. The Labute approximate surface area is 104 Å². The Morgan fingerprint density at radius 1 is 1.59 bits per heavy atom. The van der Waals surface area contributed by atoms with Gasteiger partial charge in [-0.1, -0.05) is 0 Å². The molecule has 3 N–H and O–H groups in total. The van der Waals surface area contributed by atoms with Gasteiger partial charge in [-0.15, -0.1) is 0 Å². The van der Waals surface area contributed by atoms with Gasteiger partial charge in [-0.2, -0.15) is 0 Å². The SMILES string of the molecule is CN(C)C1CCN(CCCC(C)(N)C(=O)O)C1. The topological polar surface area (TPSA) is 69.8 Å². The first-order valence-electron chi connectivity index (χ1n) is 6.24. The first-order valence-corrected chi connectivity index (χ1v) is 6.24. The van der Waals surface area contributed by atoms with Crippen LogP contribution in [0.4, 0.5) is 0 Å². The minimum atomic E-state index is -1.08. The van der Waals surface area contributed by atoms with Gasteiger partial charge in [0, 0.05) is 12.6 Å². The van der Waals surface area contributed by atoms with E-state index in [-0.39, 0.29) is 0 Å². The van der Waals surface area contributed by atoms with Gasteiger partial charge in [0.25, 0.3) is 0 Å². The molecule has 1 aliphatic heterocycles. The lowest BCUT2D eigenvalue weighted by molar-refractivity contribution is -0.142. The van der Waals surface area contributed by atoms with E-state index in [9.17, 15) is 4.79 Å². The number of carboxylic acid groups (broad SMARTS) is 1. The summed E-state index contributed by atoms with van der Waals surface area (Å²) in [5.74, 6) is -0.912. The van der Waals surface area contributed by atoms with Crippen LogP contribution in [0.15, 0.2) is 0 Å². The van der Waals surface area contributed by atoms with Gasteiger partial charge in [-0.3, -0.25) is 4.79 Å². The number of nitrogens with zero attached hydrogens (tertiary/aromatic N) is 2. The van der Waals surface area contributed by atoms with Crippen molar-refractivity contribution in [1.82, 2.24) is 9.80 Å². The Morgan fingerprint density at radius 2 is 2.24 bits per heavy atom. The summed E-state index contributed by atoms with van der Waals surface area (Å²) in [6.07, 6.45) is 2.58. The van der Waals surface area contributed by atoms with Gasteiger partial charge in [0.1, 0.15) is 5.54 Å². The van der Waals surface area contributed by atoms with Gasteiger partial charge in [-0.25, -0.2) is 0 Å². The molecular formula is C12H25N3O2. The predicted octanol–water partition coefficient (Wildman–Crippen LogP) is 0.205. The highest BCUT2D eigenvalue weighted by atomic mass is 16.4. The summed E-state index contributed by atoms with van der Waals surface area (Å²) in [4.78, 5) is 15.5. The number of nitrogens with two attached hydrogens (primary N) is 1. The Morgan fingerprint density at radius 3 is 2.71 bits per heavy atom. The summed E-state index contributed by atoms with van der Waals surface area (Å²) in [5.41, 5.74) is 4.61. The molecule has 0 aromatic heterocycles. The molecule has 1 rings (SSSR count). The average Bonchev–Trinajstić information content (AvgIpc) is 2.66. The van der Waals surface area contributed by atoms with Crippen LogP contribution in [0, 0.1) is 0 Å². The monoisotopic (exact) mass is 243 g/mol. The second kappa shape index (κ2) is 5.80. The molecule has 5 heteroatoms. The molecule has 2 unspecified atom stereocenters. The van der Waals surface area contributed by atoms with E-state index in [4.69, 9.17) is 10.8 Å². The number of likely N-dealkylation sites (N-methyl/N-ethyl adjacent to an activating group) is 1. The lowest BCUT2D eigenvalue weighted by Crippen LogP contribution is -2.45. The molecule has 17 heavy (non-hydrogen) atoms. The van der Waals surface area contributed by atoms with Crippen molar-refractivity contribution in [1.29, 1.82) is 0 Å². The minimum Gasteiger partial charge on any atom is -0.480 e. The number of likely N-dealkylation sites (tertiary alicyclic amines) is 1. The highest BCUT2D eigenvalue weighted by Gasteiger charge is 2.28. The van der Waals surface area contributed by atoms with Crippen molar-refractivity contribution in [2.75, 3.05) is 33.7 Å². The van der Waals surface area contributed by atoms with Crippen molar-refractivity contribution in [3.05, 3.63) is 0 Å². The van der Waals surface area contributed by atoms with E-state index >= 15 is 0 Å². The maximum atomic E-state index is 10.8. The van der Waals surface area contributed by atoms with Crippen molar-refractivity contribution in [2.45, 2.75) is 37.8 Å². The molecule has 2 atom stereocenters. The van der Waals surface area contributed by atoms with E-state index in [0.29, 0.717) is 12.5 Å². The van der Waals surface area contributed by atoms with Crippen LogP contribution >= 0.6 is 0 Å². The van der Waals surface area contributed by atoms with Gasteiger partial charge < -0.3 is 20.6 Å². The standard InChI is InChI=1S/C12H25N3O2/c1-12(13,11(16)17)6-4-7-15-8-5-10(9-15)14(2)3/h10H,4-9,13H2,1-3H3,(H,16,17). The molecule has 1 saturated heterocycles. The first kappa shape index (κ1) is 14.4. The summed E-state index contributed by atoms with van der Waals surface area (Å²) in [6.45, 7) is 4.73. The molecule has 0 radical (unpaired) electrons. The summed E-state index contributed by atoms with van der Waals surface area (Å²) < 4.78 is 0. The largest absolute Gasteiger partial charge is 0.480 e. The quantitative estimate of drug-likeness (QED) is 0.697. The van der Waals surface area contributed by atoms with E-state index in [2.05, 4.69) is 23.9 Å². The van der Waals surface area contributed by atoms with E-state index < -0.39 is 11.5 Å². The highest BCUT2D eigenvalue weighted by Crippen LogP contribution is 2.15. The second-order valence-electron chi connectivity index (χ2n) is 5.53. The molecule has 0 saturated carbocycles. The predicted molar refractivity (Wildman–Crippen MR) is 68.0 cm³/mol. The van der Waals surface area contributed by atoms with Crippen molar-refractivity contribution in [3.8, 4) is 0 Å². The highest BCUT2D eigenvalue weighted by molar-refractivity contribution is 5.77. The van der Waals surface area contributed by atoms with Crippen LogP contribution in [-0.4, -0.2) is 66.2 Å². The van der Waals surface area contributed by atoms with Gasteiger partial charge in [0.2, 0.25) is 0 Å². The molecule has 0 amide bonds. The zero-order chi connectivity index (χ0) is 13.1. The Hall–Kier alpha value is -0.650. The van der Waals surface area contributed by atoms with Crippen molar-refractivity contribution >= 4 is 5.97 Å². The maximum absolute atomic E-state index is 10.8. The smallest absolute Gasteiger partial charge is 0.323 e. The molecule has 100 valence electrons. The molecule has 1 aliphatic rings. The van der Waals surface area contributed by atoms with Gasteiger partial charge in [0.05, 0.1) is 0 Å². The Bertz CT molecular complexity index is 266. The number of carbonyl (C=O) groups is 1. The van der Waals surface area contributed by atoms with Crippen molar-refractivity contribution < 1.29 is 9.90 Å². The van der Waals surface area contributed by atoms with Gasteiger partial charge in [0.15, 0.2) is 0 Å². The Balaban J connectivity index is 2.23. The van der Waals surface area contributed by atoms with Crippen molar-refractivity contribution in [3.63, 3.8) is 0 Å². The lowest BCUT2D eigenvalue weighted by atomic mass is 9.97. The molecular weight excluding hydrogens is 218 g/mol. The van der Waals surface area contributed by atoms with E-state index in [1.807, 2.05) is 0 Å². The first-order chi connectivity index (χ1) is 7.83. The maximum Gasteiger partial charge on any atom is 0.323 e. The third kappa shape index (κ3) is 4.26. The molecule has 1 fully saturated rings. The van der Waals surface area contributed by atoms with E-state index in [1.54, 1.807) is 6.92 Å². The minimum absolute atomic E-state index is 0.533. The summed E-state index contributed by atoms with van der Waals surface area (Å²) >= 11 is 0. The van der Waals surface area contributed by atoms with Crippen LogP contribution in [0.2, 0.25) is 0 Å². The number of hydrogen-bond donors (Lipinski definition) is 2. The van der Waals surface area contributed by atoms with Crippen molar-refractivity contribution in [2.24, 2.45) is 5.73 Å². The summed E-state index contributed by atoms with van der Waals surface area (Å²) in [5, 5.41) is 8.90. The van der Waals surface area contributed by atoms with Crippen LogP contribution in [0.5, 0.6) is 0 Å². The fraction of sp³-hybridized carbons (Fsp3) is 0.917. The summed E-state index contributed by atoms with van der Waals surface area (Å²) in [6, 6.07) is 0.638. The third-order valence-corrected chi connectivity index (χ3v) is 3.64. The van der Waals surface area contributed by atoms with E-state index in [1.165, 1.54) is 6.42 Å². The molecule has 0 spiro atoms. The normalized spacial score (nSPS) is 25.1. The molecule has 0 aromatic carbocycles.